The molecule has 0 aliphatic rings. The van der Waals surface area contributed by atoms with Crippen molar-refractivity contribution in [3.8, 4) is 0 Å². The molecular weight excluding hydrogens is 226 g/mol. The third-order valence-electron chi connectivity index (χ3n) is 3.36. The van der Waals surface area contributed by atoms with E-state index in [1.807, 2.05) is 26.0 Å². The summed E-state index contributed by atoms with van der Waals surface area (Å²) in [4.78, 5) is 4.02. The van der Waals surface area contributed by atoms with Crippen molar-refractivity contribution < 1.29 is 4.42 Å². The normalized spacial score (nSPS) is 12.7. The molecule has 1 atom stereocenters. The fraction of sp³-hybridized carbons (Fsp3) is 0.357. The van der Waals surface area contributed by atoms with Gasteiger partial charge in [-0.3, -0.25) is 16.3 Å². The second kappa shape index (κ2) is 5.33. The molecule has 1 unspecified atom stereocenters. The topological polar surface area (TPSA) is 64.1 Å². The van der Waals surface area contributed by atoms with E-state index in [4.69, 9.17) is 10.3 Å². The van der Waals surface area contributed by atoms with Gasteiger partial charge < -0.3 is 4.42 Å². The van der Waals surface area contributed by atoms with E-state index in [1.54, 1.807) is 12.4 Å². The maximum Gasteiger partial charge on any atom is 0.106 e. The Kier molecular flexibility index (Phi) is 3.79. The number of rotatable bonds is 4. The first-order valence-electron chi connectivity index (χ1n) is 6.05. The third-order valence-corrected chi connectivity index (χ3v) is 3.36. The van der Waals surface area contributed by atoms with Gasteiger partial charge in [-0.1, -0.05) is 0 Å². The molecule has 96 valence electrons. The predicted octanol–water partition coefficient (Wildman–Crippen LogP) is 2.35. The van der Waals surface area contributed by atoms with Crippen LogP contribution in [0.3, 0.4) is 0 Å². The number of pyridine rings is 1. The van der Waals surface area contributed by atoms with Gasteiger partial charge in [-0.15, -0.1) is 0 Å². The number of hydrogen-bond acceptors (Lipinski definition) is 4. The van der Waals surface area contributed by atoms with E-state index in [0.29, 0.717) is 0 Å². The minimum atomic E-state index is 0.0600. The molecule has 0 saturated heterocycles. The molecule has 0 saturated carbocycles. The maximum absolute atomic E-state index is 5.69. The Hall–Kier alpha value is -1.65. The fourth-order valence-corrected chi connectivity index (χ4v) is 2.32. The lowest BCUT2D eigenvalue weighted by Crippen LogP contribution is -2.30. The van der Waals surface area contributed by atoms with Crippen LogP contribution in [0.5, 0.6) is 0 Å². The summed E-state index contributed by atoms with van der Waals surface area (Å²) < 4.78 is 5.66. The minimum absolute atomic E-state index is 0.0600. The van der Waals surface area contributed by atoms with Crippen molar-refractivity contribution in [1.82, 2.24) is 10.4 Å². The van der Waals surface area contributed by atoms with Crippen molar-refractivity contribution in [2.75, 3.05) is 0 Å². The molecule has 4 heteroatoms. The van der Waals surface area contributed by atoms with Crippen LogP contribution in [0.1, 0.15) is 34.3 Å². The van der Waals surface area contributed by atoms with E-state index >= 15 is 0 Å². The molecule has 18 heavy (non-hydrogen) atoms. The summed E-state index contributed by atoms with van der Waals surface area (Å²) in [6, 6.07) is 4.06. The van der Waals surface area contributed by atoms with Crippen LogP contribution in [0.2, 0.25) is 0 Å². The predicted molar refractivity (Wildman–Crippen MR) is 70.9 cm³/mol. The Morgan fingerprint density at radius 1 is 1.22 bits per heavy atom. The Morgan fingerprint density at radius 3 is 2.39 bits per heavy atom. The molecule has 2 rings (SSSR count). The number of hydrazine groups is 1. The molecule has 4 nitrogen and oxygen atoms in total. The van der Waals surface area contributed by atoms with Crippen LogP contribution in [-0.2, 0) is 6.42 Å². The second-order valence-electron chi connectivity index (χ2n) is 4.53. The average Bonchev–Trinajstić information content (AvgIpc) is 2.62. The van der Waals surface area contributed by atoms with Gasteiger partial charge in [0.1, 0.15) is 11.5 Å². The van der Waals surface area contributed by atoms with Crippen molar-refractivity contribution >= 4 is 0 Å². The van der Waals surface area contributed by atoms with E-state index in [2.05, 4.69) is 17.3 Å². The first-order valence-corrected chi connectivity index (χ1v) is 6.05. The number of nitrogens with two attached hydrogens (primary N) is 1. The van der Waals surface area contributed by atoms with Crippen molar-refractivity contribution in [2.45, 2.75) is 33.2 Å². The average molecular weight is 245 g/mol. The van der Waals surface area contributed by atoms with Gasteiger partial charge in [-0.2, -0.15) is 0 Å². The third kappa shape index (κ3) is 2.44. The van der Waals surface area contributed by atoms with E-state index in [-0.39, 0.29) is 6.04 Å². The van der Waals surface area contributed by atoms with Crippen LogP contribution in [0.25, 0.3) is 0 Å². The minimum Gasteiger partial charge on any atom is -0.466 e. The van der Waals surface area contributed by atoms with Gasteiger partial charge in [-0.05, 0) is 50.5 Å². The Labute approximate surface area is 107 Å². The number of furan rings is 1. The number of aryl methyl sites for hydroxylation is 2. The fourth-order valence-electron chi connectivity index (χ4n) is 2.32. The van der Waals surface area contributed by atoms with Gasteiger partial charge in [0.25, 0.3) is 0 Å². The highest BCUT2D eigenvalue weighted by atomic mass is 16.3. The van der Waals surface area contributed by atoms with Crippen LogP contribution in [-0.4, -0.2) is 4.98 Å². The number of nitrogens with zero attached hydrogens (tertiary/aromatic N) is 1. The van der Waals surface area contributed by atoms with Crippen LogP contribution in [0.15, 0.2) is 28.9 Å². The van der Waals surface area contributed by atoms with Gasteiger partial charge in [0, 0.05) is 18.0 Å². The molecule has 2 aromatic heterocycles. The lowest BCUT2D eigenvalue weighted by molar-refractivity contribution is 0.484. The van der Waals surface area contributed by atoms with E-state index in [9.17, 15) is 0 Å². The van der Waals surface area contributed by atoms with Crippen molar-refractivity contribution in [3.05, 3.63) is 52.7 Å². The highest BCUT2D eigenvalue weighted by molar-refractivity contribution is 5.35. The molecule has 2 aromatic rings. The number of hydrogen-bond donors (Lipinski definition) is 2. The Morgan fingerprint density at radius 2 is 1.89 bits per heavy atom. The zero-order valence-electron chi connectivity index (χ0n) is 11.0. The number of aromatic nitrogens is 1. The molecule has 0 spiro atoms. The van der Waals surface area contributed by atoms with Gasteiger partial charge >= 0.3 is 0 Å². The van der Waals surface area contributed by atoms with Gasteiger partial charge in [0.15, 0.2) is 0 Å². The molecule has 0 bridgehead atoms. The highest BCUT2D eigenvalue weighted by Crippen LogP contribution is 2.28. The van der Waals surface area contributed by atoms with Crippen LogP contribution >= 0.6 is 0 Å². The number of nitrogens with one attached hydrogen (secondary N) is 1. The maximum atomic E-state index is 5.69. The summed E-state index contributed by atoms with van der Waals surface area (Å²) in [6.07, 6.45) is 4.41. The second-order valence-corrected chi connectivity index (χ2v) is 4.53. The smallest absolute Gasteiger partial charge is 0.106 e. The summed E-state index contributed by atoms with van der Waals surface area (Å²) >= 11 is 0. The molecule has 0 fully saturated rings. The summed E-state index contributed by atoms with van der Waals surface area (Å²) in [5, 5.41) is 0. The summed E-state index contributed by atoms with van der Waals surface area (Å²) in [7, 11) is 0. The van der Waals surface area contributed by atoms with E-state index in [1.165, 1.54) is 11.1 Å². The van der Waals surface area contributed by atoms with Gasteiger partial charge in [-0.25, -0.2) is 0 Å². The molecule has 0 radical (unpaired) electrons. The van der Waals surface area contributed by atoms with Crippen LogP contribution < -0.4 is 11.3 Å². The Balaban J connectivity index is 2.29. The SMILES string of the molecule is Cc1oc(C)c(C(Cc2ccncc2)NN)c1C. The zero-order chi connectivity index (χ0) is 13.1. The molecular formula is C14H19N3O. The summed E-state index contributed by atoms with van der Waals surface area (Å²) in [5.74, 6) is 7.58. The molecule has 0 aliphatic heterocycles. The largest absolute Gasteiger partial charge is 0.466 e. The molecule has 0 amide bonds. The van der Waals surface area contributed by atoms with Crippen molar-refractivity contribution in [1.29, 1.82) is 0 Å². The zero-order valence-corrected chi connectivity index (χ0v) is 11.0. The standard InChI is InChI=1S/C14H19N3O/c1-9-10(2)18-11(3)14(9)13(17-15)8-12-4-6-16-7-5-12/h4-7,13,17H,8,15H2,1-3H3. The van der Waals surface area contributed by atoms with Crippen molar-refractivity contribution in [3.63, 3.8) is 0 Å². The van der Waals surface area contributed by atoms with Gasteiger partial charge in [0.05, 0.1) is 6.04 Å². The summed E-state index contributed by atoms with van der Waals surface area (Å²) in [5.41, 5.74) is 6.41. The van der Waals surface area contributed by atoms with Gasteiger partial charge in [0.2, 0.25) is 0 Å². The quantitative estimate of drug-likeness (QED) is 0.641. The Bertz CT molecular complexity index is 519. The van der Waals surface area contributed by atoms with E-state index in [0.717, 1.165) is 23.5 Å². The summed E-state index contributed by atoms with van der Waals surface area (Å²) in [6.45, 7) is 6.02. The lowest BCUT2D eigenvalue weighted by atomic mass is 9.97. The molecule has 0 aliphatic carbocycles. The highest BCUT2D eigenvalue weighted by Gasteiger charge is 2.20. The molecule has 3 N–H and O–H groups in total. The lowest BCUT2D eigenvalue weighted by Gasteiger charge is -2.16. The monoisotopic (exact) mass is 245 g/mol. The first-order chi connectivity index (χ1) is 8.63. The molecule has 0 aromatic carbocycles. The van der Waals surface area contributed by atoms with Crippen LogP contribution in [0.4, 0.5) is 0 Å². The van der Waals surface area contributed by atoms with E-state index < -0.39 is 0 Å². The van der Waals surface area contributed by atoms with Crippen LogP contribution in [0, 0.1) is 20.8 Å². The first kappa shape index (κ1) is 12.8. The van der Waals surface area contributed by atoms with Crippen molar-refractivity contribution in [2.24, 2.45) is 5.84 Å². The molecule has 2 heterocycles.